The van der Waals surface area contributed by atoms with Gasteiger partial charge in [0.1, 0.15) is 11.5 Å². The summed E-state index contributed by atoms with van der Waals surface area (Å²) in [5.41, 5.74) is 0.425. The Hall–Kier alpha value is -1.71. The van der Waals surface area contributed by atoms with E-state index in [1.165, 1.54) is 0 Å². The molecule has 2 atom stereocenters. The molecule has 0 unspecified atom stereocenters. The molecule has 0 radical (unpaired) electrons. The van der Waals surface area contributed by atoms with Gasteiger partial charge in [0.25, 0.3) is 5.91 Å². The lowest BCUT2D eigenvalue weighted by Gasteiger charge is -2.22. The number of phenolic OH excluding ortho intramolecular Hbond substituents is 1. The molecule has 4 heteroatoms. The number of piperidine rings is 1. The van der Waals surface area contributed by atoms with Gasteiger partial charge in [-0.15, -0.1) is 0 Å². The van der Waals surface area contributed by atoms with Gasteiger partial charge in [-0.1, -0.05) is 13.8 Å². The molecule has 1 saturated heterocycles. The summed E-state index contributed by atoms with van der Waals surface area (Å²) >= 11 is 0. The van der Waals surface area contributed by atoms with Crippen molar-refractivity contribution >= 4 is 5.91 Å². The number of benzene rings is 1. The highest BCUT2D eigenvalue weighted by Gasteiger charge is 2.62. The summed E-state index contributed by atoms with van der Waals surface area (Å²) < 4.78 is 5.43. The lowest BCUT2D eigenvalue weighted by atomic mass is 10.1. The number of aromatic hydroxyl groups is 1. The van der Waals surface area contributed by atoms with Crippen molar-refractivity contribution in [3.8, 4) is 11.5 Å². The molecule has 1 aliphatic heterocycles. The van der Waals surface area contributed by atoms with Crippen LogP contribution in [0.1, 0.15) is 13.8 Å². The Balaban J connectivity index is 1.49. The fraction of sp³-hybridized carbons (Fsp3) is 0.533. The Morgan fingerprint density at radius 2 is 1.89 bits per heavy atom. The van der Waals surface area contributed by atoms with Crippen LogP contribution in [0.4, 0.5) is 0 Å². The summed E-state index contributed by atoms with van der Waals surface area (Å²) in [6.07, 6.45) is 0. The van der Waals surface area contributed by atoms with Crippen molar-refractivity contribution in [2.45, 2.75) is 13.8 Å². The molecule has 1 amide bonds. The summed E-state index contributed by atoms with van der Waals surface area (Å²) in [5, 5.41) is 9.16. The molecule has 4 nitrogen and oxygen atoms in total. The molecule has 102 valence electrons. The van der Waals surface area contributed by atoms with Gasteiger partial charge < -0.3 is 14.7 Å². The van der Waals surface area contributed by atoms with Crippen LogP contribution >= 0.6 is 0 Å². The van der Waals surface area contributed by atoms with Crippen molar-refractivity contribution in [3.05, 3.63) is 24.3 Å². The van der Waals surface area contributed by atoms with Gasteiger partial charge in [-0.2, -0.15) is 0 Å². The second-order valence-electron chi connectivity index (χ2n) is 6.12. The third kappa shape index (κ3) is 2.15. The zero-order chi connectivity index (χ0) is 13.6. The maximum atomic E-state index is 12.0. The summed E-state index contributed by atoms with van der Waals surface area (Å²) in [6, 6.07) is 6.42. The lowest BCUT2D eigenvalue weighted by Crippen LogP contribution is -2.36. The first kappa shape index (κ1) is 12.3. The minimum atomic E-state index is 0.0519. The number of hydrogen-bond donors (Lipinski definition) is 1. The smallest absolute Gasteiger partial charge is 0.260 e. The van der Waals surface area contributed by atoms with Crippen LogP contribution in [-0.4, -0.2) is 35.6 Å². The van der Waals surface area contributed by atoms with Crippen molar-refractivity contribution in [1.82, 2.24) is 4.90 Å². The SMILES string of the molecule is CC1(C)[C@@H]2CN(C(=O)COc3ccc(O)cc3)C[C@@H]21. The van der Waals surface area contributed by atoms with Crippen LogP contribution in [0, 0.1) is 17.3 Å². The molecule has 3 rings (SSSR count). The van der Waals surface area contributed by atoms with E-state index >= 15 is 0 Å². The Labute approximate surface area is 113 Å². The van der Waals surface area contributed by atoms with Crippen LogP contribution in [0.3, 0.4) is 0 Å². The van der Waals surface area contributed by atoms with Crippen LogP contribution in [0.2, 0.25) is 0 Å². The van der Waals surface area contributed by atoms with Crippen LogP contribution < -0.4 is 4.74 Å². The molecule has 0 bridgehead atoms. The summed E-state index contributed by atoms with van der Waals surface area (Å²) in [5.74, 6) is 2.20. The monoisotopic (exact) mass is 261 g/mol. The molecule has 0 spiro atoms. The van der Waals surface area contributed by atoms with Crippen molar-refractivity contribution in [3.63, 3.8) is 0 Å². The van der Waals surface area contributed by atoms with E-state index in [0.717, 1.165) is 13.1 Å². The van der Waals surface area contributed by atoms with Gasteiger partial charge in [-0.05, 0) is 41.5 Å². The van der Waals surface area contributed by atoms with Crippen molar-refractivity contribution in [1.29, 1.82) is 0 Å². The van der Waals surface area contributed by atoms with E-state index in [-0.39, 0.29) is 18.3 Å². The van der Waals surface area contributed by atoms with E-state index in [1.807, 2.05) is 4.90 Å². The molecule has 1 aromatic carbocycles. The number of phenols is 1. The number of carbonyl (C=O) groups excluding carboxylic acids is 1. The molecule has 2 aliphatic rings. The van der Waals surface area contributed by atoms with Crippen LogP contribution in [0.5, 0.6) is 11.5 Å². The molecule has 1 heterocycles. The van der Waals surface area contributed by atoms with Crippen LogP contribution in [0.25, 0.3) is 0 Å². The number of rotatable bonds is 3. The number of nitrogens with zero attached hydrogens (tertiary/aromatic N) is 1. The first-order valence-corrected chi connectivity index (χ1v) is 6.68. The predicted octanol–water partition coefficient (Wildman–Crippen LogP) is 1.89. The highest BCUT2D eigenvalue weighted by atomic mass is 16.5. The maximum absolute atomic E-state index is 12.0. The normalized spacial score (nSPS) is 26.9. The standard InChI is InChI=1S/C15H19NO3/c1-15(2)12-7-16(8-13(12)15)14(18)9-19-11-5-3-10(17)4-6-11/h3-6,12-13,17H,7-9H2,1-2H3/t12-,13+. The fourth-order valence-corrected chi connectivity index (χ4v) is 3.11. The number of likely N-dealkylation sites (tertiary alicyclic amines) is 1. The molecule has 1 saturated carbocycles. The second-order valence-corrected chi connectivity index (χ2v) is 6.12. The first-order chi connectivity index (χ1) is 8.98. The van der Waals surface area contributed by atoms with Gasteiger partial charge in [0.2, 0.25) is 0 Å². The van der Waals surface area contributed by atoms with Crippen molar-refractivity contribution in [2.75, 3.05) is 19.7 Å². The molecule has 1 N–H and O–H groups in total. The minimum absolute atomic E-state index is 0.0519. The zero-order valence-corrected chi connectivity index (χ0v) is 11.3. The molecular weight excluding hydrogens is 242 g/mol. The van der Waals surface area contributed by atoms with Gasteiger partial charge in [0.15, 0.2) is 6.61 Å². The van der Waals surface area contributed by atoms with Crippen LogP contribution in [-0.2, 0) is 4.79 Å². The van der Waals surface area contributed by atoms with E-state index in [1.54, 1.807) is 24.3 Å². The number of carbonyl (C=O) groups is 1. The molecule has 2 fully saturated rings. The highest BCUT2D eigenvalue weighted by Crippen LogP contribution is 2.61. The number of ether oxygens (including phenoxy) is 1. The predicted molar refractivity (Wildman–Crippen MR) is 70.9 cm³/mol. The van der Waals surface area contributed by atoms with E-state index < -0.39 is 0 Å². The zero-order valence-electron chi connectivity index (χ0n) is 11.3. The molecular formula is C15H19NO3. The average molecular weight is 261 g/mol. The van der Waals surface area contributed by atoms with Gasteiger partial charge in [0, 0.05) is 13.1 Å². The highest BCUT2D eigenvalue weighted by molar-refractivity contribution is 5.78. The van der Waals surface area contributed by atoms with Crippen molar-refractivity contribution < 1.29 is 14.6 Å². The third-order valence-electron chi connectivity index (χ3n) is 4.67. The maximum Gasteiger partial charge on any atom is 0.260 e. The van der Waals surface area contributed by atoms with Gasteiger partial charge in [-0.3, -0.25) is 4.79 Å². The summed E-state index contributed by atoms with van der Waals surface area (Å²) in [4.78, 5) is 13.9. The first-order valence-electron chi connectivity index (χ1n) is 6.68. The molecule has 1 aliphatic carbocycles. The number of amides is 1. The molecule has 1 aromatic rings. The lowest BCUT2D eigenvalue weighted by molar-refractivity contribution is -0.133. The van der Waals surface area contributed by atoms with Gasteiger partial charge in [0.05, 0.1) is 0 Å². The second kappa shape index (κ2) is 4.15. The fourth-order valence-electron chi connectivity index (χ4n) is 3.11. The summed E-state index contributed by atoms with van der Waals surface area (Å²) in [6.45, 7) is 6.36. The topological polar surface area (TPSA) is 49.8 Å². The number of hydrogen-bond acceptors (Lipinski definition) is 3. The Morgan fingerprint density at radius 1 is 1.32 bits per heavy atom. The van der Waals surface area contributed by atoms with Crippen molar-refractivity contribution in [2.24, 2.45) is 17.3 Å². The summed E-state index contributed by atoms with van der Waals surface area (Å²) in [7, 11) is 0. The van der Waals surface area contributed by atoms with E-state index in [9.17, 15) is 4.79 Å². The van der Waals surface area contributed by atoms with Crippen LogP contribution in [0.15, 0.2) is 24.3 Å². The third-order valence-corrected chi connectivity index (χ3v) is 4.67. The largest absolute Gasteiger partial charge is 0.508 e. The Morgan fingerprint density at radius 3 is 2.47 bits per heavy atom. The van der Waals surface area contributed by atoms with E-state index in [2.05, 4.69) is 13.8 Å². The molecule has 19 heavy (non-hydrogen) atoms. The Bertz CT molecular complexity index is 481. The number of fused-ring (bicyclic) bond motifs is 1. The van der Waals surface area contributed by atoms with Gasteiger partial charge >= 0.3 is 0 Å². The Kier molecular flexibility index (Phi) is 2.69. The van der Waals surface area contributed by atoms with E-state index in [4.69, 9.17) is 9.84 Å². The quantitative estimate of drug-likeness (QED) is 0.904. The van der Waals surface area contributed by atoms with E-state index in [0.29, 0.717) is 23.0 Å². The van der Waals surface area contributed by atoms with Gasteiger partial charge in [-0.25, -0.2) is 0 Å². The molecule has 0 aromatic heterocycles. The average Bonchev–Trinajstić information content (AvgIpc) is 2.79. The minimum Gasteiger partial charge on any atom is -0.508 e.